The topological polar surface area (TPSA) is 25.2 Å². The Kier molecular flexibility index (Phi) is 8.58. The lowest BCUT2D eigenvalue weighted by molar-refractivity contribution is -0.132. The first-order valence-electron chi connectivity index (χ1n) is 10.9. The molecule has 0 aliphatic rings. The van der Waals surface area contributed by atoms with Crippen molar-refractivity contribution in [3.8, 4) is 0 Å². The second-order valence-corrected chi connectivity index (χ2v) is 8.17. The van der Waals surface area contributed by atoms with Crippen molar-refractivity contribution in [3.05, 3.63) is 94.8 Å². The molecule has 0 saturated carbocycles. The van der Waals surface area contributed by atoms with Gasteiger partial charge in [0.15, 0.2) is 0 Å². The van der Waals surface area contributed by atoms with Crippen LogP contribution in [0.4, 0.5) is 0 Å². The highest BCUT2D eigenvalue weighted by Gasteiger charge is 2.16. The van der Waals surface area contributed by atoms with Gasteiger partial charge in [0, 0.05) is 36.4 Å². The Balaban J connectivity index is 1.73. The van der Waals surface area contributed by atoms with E-state index in [1.807, 2.05) is 53.4 Å². The summed E-state index contributed by atoms with van der Waals surface area (Å²) in [6.07, 6.45) is 7.11. The van der Waals surface area contributed by atoms with E-state index in [4.69, 9.17) is 11.6 Å². The highest BCUT2D eigenvalue weighted by Crippen LogP contribution is 2.19. The maximum Gasteiger partial charge on any atom is 0.223 e. The minimum absolute atomic E-state index is 0.223. The van der Waals surface area contributed by atoms with Crippen LogP contribution < -0.4 is 0 Å². The number of aromatic nitrogens is 1. The smallest absolute Gasteiger partial charge is 0.223 e. The Hall–Kier alpha value is -2.52. The van der Waals surface area contributed by atoms with Crippen LogP contribution >= 0.6 is 11.6 Å². The molecule has 0 aliphatic heterocycles. The Morgan fingerprint density at radius 1 is 0.900 bits per heavy atom. The number of nitrogens with zero attached hydrogens (tertiary/aromatic N) is 2. The van der Waals surface area contributed by atoms with Crippen molar-refractivity contribution in [1.82, 2.24) is 9.47 Å². The summed E-state index contributed by atoms with van der Waals surface area (Å²) < 4.78 is 2.18. The number of amides is 1. The van der Waals surface area contributed by atoms with E-state index in [-0.39, 0.29) is 5.91 Å². The predicted octanol–water partition coefficient (Wildman–Crippen LogP) is 6.69. The van der Waals surface area contributed by atoms with Crippen LogP contribution in [0.15, 0.2) is 72.9 Å². The first-order valence-corrected chi connectivity index (χ1v) is 11.2. The number of carbonyl (C=O) groups excluding carboxylic acids is 1. The molecule has 3 aromatic rings. The van der Waals surface area contributed by atoms with Gasteiger partial charge >= 0.3 is 0 Å². The summed E-state index contributed by atoms with van der Waals surface area (Å²) in [5, 5.41) is 0.769. The van der Waals surface area contributed by atoms with E-state index in [1.165, 1.54) is 12.8 Å². The third-order valence-corrected chi connectivity index (χ3v) is 5.76. The average molecular weight is 423 g/mol. The summed E-state index contributed by atoms with van der Waals surface area (Å²) in [6, 6.07) is 22.3. The molecule has 158 valence electrons. The second kappa shape index (κ2) is 11.6. The maximum absolute atomic E-state index is 13.1. The molecular formula is C26H31ClN2O. The molecule has 1 heterocycles. The number of hydrogen-bond acceptors (Lipinski definition) is 1. The molecule has 2 aromatic carbocycles. The van der Waals surface area contributed by atoms with Gasteiger partial charge in [0.2, 0.25) is 5.91 Å². The maximum atomic E-state index is 13.1. The van der Waals surface area contributed by atoms with Gasteiger partial charge in [-0.25, -0.2) is 0 Å². The van der Waals surface area contributed by atoms with Crippen LogP contribution in [0, 0.1) is 0 Å². The van der Waals surface area contributed by atoms with Crippen molar-refractivity contribution < 1.29 is 4.79 Å². The Morgan fingerprint density at radius 2 is 1.67 bits per heavy atom. The Bertz CT molecular complexity index is 920. The molecule has 1 aromatic heterocycles. The molecule has 3 rings (SSSR count). The molecule has 0 bridgehead atoms. The van der Waals surface area contributed by atoms with Gasteiger partial charge in [-0.2, -0.15) is 0 Å². The Morgan fingerprint density at radius 3 is 2.43 bits per heavy atom. The van der Waals surface area contributed by atoms with Crippen molar-refractivity contribution in [3.63, 3.8) is 0 Å². The molecule has 0 spiro atoms. The third kappa shape index (κ3) is 6.50. The lowest BCUT2D eigenvalue weighted by Gasteiger charge is -2.24. The summed E-state index contributed by atoms with van der Waals surface area (Å²) >= 11 is 6.36. The van der Waals surface area contributed by atoms with E-state index >= 15 is 0 Å². The Labute approximate surface area is 185 Å². The SMILES string of the molecule is CCCCCCC(=O)N(Cc1ccccc1)Cc1cccn1Cc1ccccc1Cl. The fourth-order valence-electron chi connectivity index (χ4n) is 3.65. The average Bonchev–Trinajstić information content (AvgIpc) is 3.19. The molecule has 0 N–H and O–H groups in total. The number of unbranched alkanes of at least 4 members (excludes halogenated alkanes) is 3. The van der Waals surface area contributed by atoms with Crippen molar-refractivity contribution >= 4 is 17.5 Å². The quantitative estimate of drug-likeness (QED) is 0.316. The molecule has 4 heteroatoms. The van der Waals surface area contributed by atoms with Crippen LogP contribution in [-0.2, 0) is 24.4 Å². The zero-order chi connectivity index (χ0) is 21.2. The molecule has 0 aliphatic carbocycles. The van der Waals surface area contributed by atoms with Gasteiger partial charge in [-0.1, -0.05) is 86.3 Å². The first-order chi connectivity index (χ1) is 14.7. The number of halogens is 1. The number of benzene rings is 2. The van der Waals surface area contributed by atoms with Gasteiger partial charge in [-0.15, -0.1) is 0 Å². The summed E-state index contributed by atoms with van der Waals surface area (Å²) in [5.74, 6) is 0.223. The van der Waals surface area contributed by atoms with E-state index in [9.17, 15) is 4.79 Å². The molecule has 1 amide bonds. The van der Waals surface area contributed by atoms with Gasteiger partial charge in [-0.05, 0) is 35.7 Å². The highest BCUT2D eigenvalue weighted by atomic mass is 35.5. The minimum atomic E-state index is 0.223. The van der Waals surface area contributed by atoms with Crippen LogP contribution in [0.25, 0.3) is 0 Å². The van der Waals surface area contributed by atoms with Crippen LogP contribution in [0.3, 0.4) is 0 Å². The summed E-state index contributed by atoms with van der Waals surface area (Å²) in [7, 11) is 0. The van der Waals surface area contributed by atoms with E-state index in [0.717, 1.165) is 34.7 Å². The molecule has 0 atom stereocenters. The van der Waals surface area contributed by atoms with Crippen molar-refractivity contribution in [2.24, 2.45) is 0 Å². The number of rotatable bonds is 11. The highest BCUT2D eigenvalue weighted by molar-refractivity contribution is 6.31. The molecule has 0 saturated heterocycles. The standard InChI is InChI=1S/C26H31ClN2O/c1-2-3-4-8-17-26(30)29(19-22-12-6-5-7-13-22)21-24-15-11-18-28(24)20-23-14-9-10-16-25(23)27/h5-7,9-16,18H,2-4,8,17,19-21H2,1H3. The third-order valence-electron chi connectivity index (χ3n) is 5.39. The fraction of sp³-hybridized carbons (Fsp3) is 0.346. The van der Waals surface area contributed by atoms with Crippen molar-refractivity contribution in [2.75, 3.05) is 0 Å². The molecular weight excluding hydrogens is 392 g/mol. The number of hydrogen-bond donors (Lipinski definition) is 0. The van der Waals surface area contributed by atoms with Crippen LogP contribution in [0.1, 0.15) is 55.8 Å². The van der Waals surface area contributed by atoms with Crippen LogP contribution in [0.2, 0.25) is 5.02 Å². The van der Waals surface area contributed by atoms with Gasteiger partial charge < -0.3 is 9.47 Å². The van der Waals surface area contributed by atoms with E-state index < -0.39 is 0 Å². The summed E-state index contributed by atoms with van der Waals surface area (Å²) in [6.45, 7) is 4.12. The van der Waals surface area contributed by atoms with Gasteiger partial charge in [0.25, 0.3) is 0 Å². The van der Waals surface area contributed by atoms with E-state index in [2.05, 4.69) is 35.9 Å². The molecule has 30 heavy (non-hydrogen) atoms. The fourth-order valence-corrected chi connectivity index (χ4v) is 3.85. The largest absolute Gasteiger partial charge is 0.345 e. The van der Waals surface area contributed by atoms with Crippen molar-refractivity contribution in [1.29, 1.82) is 0 Å². The van der Waals surface area contributed by atoms with Crippen LogP contribution in [-0.4, -0.2) is 15.4 Å². The number of carbonyl (C=O) groups is 1. The first kappa shape index (κ1) is 22.2. The molecule has 0 radical (unpaired) electrons. The summed E-state index contributed by atoms with van der Waals surface area (Å²) in [5.41, 5.74) is 3.36. The zero-order valence-electron chi connectivity index (χ0n) is 17.8. The molecule has 0 fully saturated rings. The lowest BCUT2D eigenvalue weighted by Crippen LogP contribution is -2.30. The van der Waals surface area contributed by atoms with Gasteiger partial charge in [-0.3, -0.25) is 4.79 Å². The predicted molar refractivity (Wildman–Crippen MR) is 124 cm³/mol. The van der Waals surface area contributed by atoms with E-state index in [1.54, 1.807) is 0 Å². The summed E-state index contributed by atoms with van der Waals surface area (Å²) in [4.78, 5) is 15.0. The van der Waals surface area contributed by atoms with E-state index in [0.29, 0.717) is 26.1 Å². The molecule has 0 unspecified atom stereocenters. The lowest BCUT2D eigenvalue weighted by atomic mass is 10.1. The minimum Gasteiger partial charge on any atom is -0.345 e. The van der Waals surface area contributed by atoms with Crippen molar-refractivity contribution in [2.45, 2.75) is 58.7 Å². The zero-order valence-corrected chi connectivity index (χ0v) is 18.5. The van der Waals surface area contributed by atoms with Gasteiger partial charge in [0.05, 0.1) is 6.54 Å². The molecule has 3 nitrogen and oxygen atoms in total. The van der Waals surface area contributed by atoms with Gasteiger partial charge in [0.1, 0.15) is 0 Å². The van der Waals surface area contributed by atoms with Crippen LogP contribution in [0.5, 0.6) is 0 Å². The monoisotopic (exact) mass is 422 g/mol. The normalized spacial score (nSPS) is 10.9. The second-order valence-electron chi connectivity index (χ2n) is 7.76.